The van der Waals surface area contributed by atoms with Gasteiger partial charge in [0.25, 0.3) is 5.69 Å². The topological polar surface area (TPSA) is 76.2 Å². The van der Waals surface area contributed by atoms with Crippen molar-refractivity contribution in [1.82, 2.24) is 0 Å². The Morgan fingerprint density at radius 1 is 1.21 bits per heavy atom. The number of halogens is 1. The minimum absolute atomic E-state index is 0.0483. The summed E-state index contributed by atoms with van der Waals surface area (Å²) in [7, 11) is 0. The molecule has 0 saturated heterocycles. The van der Waals surface area contributed by atoms with Gasteiger partial charge in [-0.2, -0.15) is 5.26 Å². The normalized spacial score (nSPS) is 9.68. The molecule has 0 spiro atoms. The van der Waals surface area contributed by atoms with Crippen molar-refractivity contribution in [3.8, 4) is 17.6 Å². The van der Waals surface area contributed by atoms with Gasteiger partial charge >= 0.3 is 0 Å². The Morgan fingerprint density at radius 3 is 2.42 bits per heavy atom. The van der Waals surface area contributed by atoms with Gasteiger partial charge in [-0.25, -0.2) is 4.39 Å². The third-order valence-corrected chi connectivity index (χ3v) is 2.34. The maximum Gasteiger partial charge on any atom is 0.269 e. The van der Waals surface area contributed by atoms with Crippen LogP contribution in [0.4, 0.5) is 10.1 Å². The van der Waals surface area contributed by atoms with E-state index in [1.165, 1.54) is 36.4 Å². The van der Waals surface area contributed by atoms with Crippen LogP contribution in [0.1, 0.15) is 5.56 Å². The molecule has 0 amide bonds. The minimum Gasteiger partial charge on any atom is -0.454 e. The van der Waals surface area contributed by atoms with E-state index < -0.39 is 10.7 Å². The molecule has 6 heteroatoms. The molecule has 0 unspecified atom stereocenters. The lowest BCUT2D eigenvalue weighted by molar-refractivity contribution is -0.384. The summed E-state index contributed by atoms with van der Waals surface area (Å²) in [6, 6.07) is 10.9. The van der Waals surface area contributed by atoms with Crippen molar-refractivity contribution in [3.63, 3.8) is 0 Å². The summed E-state index contributed by atoms with van der Waals surface area (Å²) in [6.45, 7) is 0. The van der Waals surface area contributed by atoms with Crippen LogP contribution in [0.2, 0.25) is 0 Å². The molecule has 0 aliphatic rings. The quantitative estimate of drug-likeness (QED) is 0.624. The predicted octanol–water partition coefficient (Wildman–Crippen LogP) is 3.40. The van der Waals surface area contributed by atoms with E-state index in [2.05, 4.69) is 0 Å². The van der Waals surface area contributed by atoms with Crippen LogP contribution in [0.15, 0.2) is 42.5 Å². The van der Waals surface area contributed by atoms with Crippen molar-refractivity contribution in [3.05, 3.63) is 64.0 Å². The third-order valence-electron chi connectivity index (χ3n) is 2.34. The first-order chi connectivity index (χ1) is 9.10. The predicted molar refractivity (Wildman–Crippen MR) is 64.3 cm³/mol. The Balaban J connectivity index is 2.22. The monoisotopic (exact) mass is 258 g/mol. The first-order valence-corrected chi connectivity index (χ1v) is 5.22. The Hall–Kier alpha value is -2.94. The minimum atomic E-state index is -0.669. The van der Waals surface area contributed by atoms with E-state index in [1.807, 2.05) is 6.07 Å². The Bertz CT molecular complexity index is 663. The van der Waals surface area contributed by atoms with Crippen molar-refractivity contribution < 1.29 is 14.1 Å². The molecule has 0 atom stereocenters. The molecule has 2 rings (SSSR count). The SMILES string of the molecule is N#Cc1ccc(Oc2ccc([N+](=O)[O-])cc2)c(F)c1. The number of hydrogen-bond donors (Lipinski definition) is 0. The van der Waals surface area contributed by atoms with E-state index in [9.17, 15) is 14.5 Å². The number of non-ortho nitro benzene ring substituents is 1. The van der Waals surface area contributed by atoms with Crippen LogP contribution in [0.3, 0.4) is 0 Å². The maximum absolute atomic E-state index is 13.5. The van der Waals surface area contributed by atoms with Crippen LogP contribution >= 0.6 is 0 Å². The van der Waals surface area contributed by atoms with E-state index in [1.54, 1.807) is 0 Å². The molecule has 0 fully saturated rings. The largest absolute Gasteiger partial charge is 0.454 e. The van der Waals surface area contributed by atoms with E-state index in [0.29, 0.717) is 0 Å². The standard InChI is InChI=1S/C13H7FN2O3/c14-12-7-9(8-15)1-6-13(12)19-11-4-2-10(3-5-11)16(17)18/h1-7H. The van der Waals surface area contributed by atoms with Gasteiger partial charge < -0.3 is 4.74 Å². The first kappa shape index (κ1) is 12.5. The van der Waals surface area contributed by atoms with Gasteiger partial charge in [0.05, 0.1) is 16.6 Å². The molecule has 0 bridgehead atoms. The summed E-state index contributed by atoms with van der Waals surface area (Å²) in [5.74, 6) is -0.445. The molecule has 0 radical (unpaired) electrons. The van der Waals surface area contributed by atoms with Gasteiger partial charge in [-0.15, -0.1) is 0 Å². The van der Waals surface area contributed by atoms with Crippen LogP contribution in [-0.2, 0) is 0 Å². The van der Waals surface area contributed by atoms with Gasteiger partial charge in [-0.1, -0.05) is 0 Å². The summed E-state index contributed by atoms with van der Waals surface area (Å²) in [5, 5.41) is 19.1. The van der Waals surface area contributed by atoms with Crippen LogP contribution in [-0.4, -0.2) is 4.92 Å². The van der Waals surface area contributed by atoms with Crippen LogP contribution in [0.5, 0.6) is 11.5 Å². The molecule has 0 aromatic heterocycles. The van der Waals surface area contributed by atoms with Crippen molar-refractivity contribution in [1.29, 1.82) is 5.26 Å². The summed E-state index contributed by atoms with van der Waals surface area (Å²) in [5.41, 5.74) is 0.112. The van der Waals surface area contributed by atoms with E-state index in [0.717, 1.165) is 6.07 Å². The molecule has 2 aromatic carbocycles. The summed E-state index contributed by atoms with van der Waals surface area (Å²) >= 11 is 0. The molecule has 94 valence electrons. The number of nitro groups is 1. The summed E-state index contributed by atoms with van der Waals surface area (Å²) in [6.07, 6.45) is 0. The maximum atomic E-state index is 13.5. The highest BCUT2D eigenvalue weighted by Gasteiger charge is 2.08. The number of benzene rings is 2. The lowest BCUT2D eigenvalue weighted by Crippen LogP contribution is -1.91. The molecule has 0 N–H and O–H groups in total. The van der Waals surface area contributed by atoms with Gasteiger partial charge in [0.2, 0.25) is 0 Å². The van der Waals surface area contributed by atoms with E-state index >= 15 is 0 Å². The highest BCUT2D eigenvalue weighted by atomic mass is 19.1. The van der Waals surface area contributed by atoms with Crippen molar-refractivity contribution in [2.75, 3.05) is 0 Å². The second-order valence-corrected chi connectivity index (χ2v) is 3.61. The summed E-state index contributed by atoms with van der Waals surface area (Å²) in [4.78, 5) is 9.93. The molecular formula is C13H7FN2O3. The van der Waals surface area contributed by atoms with Crippen LogP contribution in [0.25, 0.3) is 0 Å². The number of nitro benzene ring substituents is 1. The van der Waals surface area contributed by atoms with E-state index in [4.69, 9.17) is 10.00 Å². The fourth-order valence-corrected chi connectivity index (χ4v) is 1.42. The lowest BCUT2D eigenvalue weighted by atomic mass is 10.2. The number of nitriles is 1. The van der Waals surface area contributed by atoms with E-state index in [-0.39, 0.29) is 22.7 Å². The van der Waals surface area contributed by atoms with Crippen LogP contribution in [0, 0.1) is 27.3 Å². The second kappa shape index (κ2) is 5.14. The van der Waals surface area contributed by atoms with Gasteiger partial charge in [-0.05, 0) is 30.3 Å². The average molecular weight is 258 g/mol. The zero-order chi connectivity index (χ0) is 13.8. The number of nitrogens with zero attached hydrogens (tertiary/aromatic N) is 2. The Morgan fingerprint density at radius 2 is 1.89 bits per heavy atom. The summed E-state index contributed by atoms with van der Waals surface area (Å²) < 4.78 is 18.8. The Labute approximate surface area is 107 Å². The molecule has 0 aliphatic carbocycles. The molecule has 0 saturated carbocycles. The zero-order valence-electron chi connectivity index (χ0n) is 9.54. The zero-order valence-corrected chi connectivity index (χ0v) is 9.54. The first-order valence-electron chi connectivity index (χ1n) is 5.22. The fraction of sp³-hybridized carbons (Fsp3) is 0. The lowest BCUT2D eigenvalue weighted by Gasteiger charge is -2.06. The van der Waals surface area contributed by atoms with Crippen molar-refractivity contribution in [2.45, 2.75) is 0 Å². The molecule has 2 aromatic rings. The smallest absolute Gasteiger partial charge is 0.269 e. The highest BCUT2D eigenvalue weighted by Crippen LogP contribution is 2.26. The third kappa shape index (κ3) is 2.84. The number of hydrogen-bond acceptors (Lipinski definition) is 4. The molecule has 0 aliphatic heterocycles. The van der Waals surface area contributed by atoms with Gasteiger partial charge in [0, 0.05) is 12.1 Å². The Kier molecular flexibility index (Phi) is 3.39. The molecule has 5 nitrogen and oxygen atoms in total. The van der Waals surface area contributed by atoms with Crippen molar-refractivity contribution in [2.24, 2.45) is 0 Å². The van der Waals surface area contributed by atoms with Gasteiger partial charge in [-0.3, -0.25) is 10.1 Å². The fourth-order valence-electron chi connectivity index (χ4n) is 1.42. The van der Waals surface area contributed by atoms with Gasteiger partial charge in [0.1, 0.15) is 5.75 Å². The molecular weight excluding hydrogens is 251 g/mol. The van der Waals surface area contributed by atoms with Crippen LogP contribution < -0.4 is 4.74 Å². The average Bonchev–Trinajstić information content (AvgIpc) is 2.41. The number of rotatable bonds is 3. The number of ether oxygens (including phenoxy) is 1. The van der Waals surface area contributed by atoms with Gasteiger partial charge in [0.15, 0.2) is 11.6 Å². The van der Waals surface area contributed by atoms with Crippen molar-refractivity contribution >= 4 is 5.69 Å². The molecule has 19 heavy (non-hydrogen) atoms. The second-order valence-electron chi connectivity index (χ2n) is 3.61. The molecule has 0 heterocycles. The highest BCUT2D eigenvalue weighted by molar-refractivity contribution is 5.41.